The van der Waals surface area contributed by atoms with Crippen molar-refractivity contribution in [1.82, 2.24) is 0 Å². The van der Waals surface area contributed by atoms with Crippen molar-refractivity contribution in [2.75, 3.05) is 6.54 Å². The van der Waals surface area contributed by atoms with E-state index in [1.165, 1.54) is 5.56 Å². The second-order valence-corrected chi connectivity index (χ2v) is 6.24. The van der Waals surface area contributed by atoms with E-state index in [0.29, 0.717) is 12.5 Å². The van der Waals surface area contributed by atoms with E-state index in [1.54, 1.807) is 0 Å². The molecule has 0 aliphatic heterocycles. The Morgan fingerprint density at radius 2 is 1.72 bits per heavy atom. The fourth-order valence-corrected chi connectivity index (χ4v) is 2.41. The number of nitrogens with two attached hydrogens (primary N) is 1. The molecule has 18 heavy (non-hydrogen) atoms. The van der Waals surface area contributed by atoms with Crippen LogP contribution in [0.2, 0.25) is 0 Å². The molecule has 0 fully saturated rings. The number of hydrogen-bond acceptors (Lipinski definition) is 2. The second-order valence-electron chi connectivity index (χ2n) is 6.24. The van der Waals surface area contributed by atoms with Gasteiger partial charge in [0.1, 0.15) is 0 Å². The smallest absolute Gasteiger partial charge is 0.0922 e. The van der Waals surface area contributed by atoms with Gasteiger partial charge in [-0.25, -0.2) is 0 Å². The molecule has 1 atom stereocenters. The van der Waals surface area contributed by atoms with Gasteiger partial charge >= 0.3 is 0 Å². The summed E-state index contributed by atoms with van der Waals surface area (Å²) in [5, 5.41) is 11.0. The molecule has 0 radical (unpaired) electrons. The molecule has 0 amide bonds. The Morgan fingerprint density at radius 3 is 2.22 bits per heavy atom. The SMILES string of the molecule is CC(C)c1ccccc1C(C)(O)C(C)(C)CCN. The lowest BCUT2D eigenvalue weighted by atomic mass is 9.68. The maximum atomic E-state index is 11.0. The minimum absolute atomic E-state index is 0.243. The summed E-state index contributed by atoms with van der Waals surface area (Å²) in [6.45, 7) is 11.0. The average Bonchev–Trinajstić information content (AvgIpc) is 2.28. The molecule has 1 aromatic carbocycles. The molecular weight excluding hydrogens is 222 g/mol. The lowest BCUT2D eigenvalue weighted by Gasteiger charge is -2.42. The molecule has 0 heterocycles. The van der Waals surface area contributed by atoms with Crippen molar-refractivity contribution >= 4 is 0 Å². The molecule has 102 valence electrons. The van der Waals surface area contributed by atoms with Crippen molar-refractivity contribution in [2.24, 2.45) is 11.1 Å². The number of aliphatic hydroxyl groups is 1. The van der Waals surface area contributed by atoms with Crippen LogP contribution in [-0.4, -0.2) is 11.7 Å². The van der Waals surface area contributed by atoms with Gasteiger partial charge in [0.2, 0.25) is 0 Å². The summed E-state index contributed by atoms with van der Waals surface area (Å²) in [5.74, 6) is 0.404. The second kappa shape index (κ2) is 5.41. The minimum atomic E-state index is -0.868. The van der Waals surface area contributed by atoms with Crippen LogP contribution in [-0.2, 0) is 5.60 Å². The zero-order valence-electron chi connectivity index (χ0n) is 12.3. The fraction of sp³-hybridized carbons (Fsp3) is 0.625. The summed E-state index contributed by atoms with van der Waals surface area (Å²) >= 11 is 0. The molecule has 1 aromatic rings. The normalized spacial score (nSPS) is 15.8. The molecule has 0 aromatic heterocycles. The Morgan fingerprint density at radius 1 is 1.17 bits per heavy atom. The molecule has 0 saturated heterocycles. The molecule has 2 heteroatoms. The zero-order chi connectivity index (χ0) is 14.0. The highest BCUT2D eigenvalue weighted by Crippen LogP contribution is 2.43. The summed E-state index contributed by atoms with van der Waals surface area (Å²) in [7, 11) is 0. The summed E-state index contributed by atoms with van der Waals surface area (Å²) in [4.78, 5) is 0. The first-order valence-electron chi connectivity index (χ1n) is 6.76. The maximum Gasteiger partial charge on any atom is 0.0922 e. The van der Waals surface area contributed by atoms with Crippen LogP contribution in [0, 0.1) is 5.41 Å². The highest BCUT2D eigenvalue weighted by molar-refractivity contribution is 5.35. The van der Waals surface area contributed by atoms with Gasteiger partial charge in [-0.1, -0.05) is 52.0 Å². The Hall–Kier alpha value is -0.860. The quantitative estimate of drug-likeness (QED) is 0.840. The molecular formula is C16H27NO. The number of benzene rings is 1. The van der Waals surface area contributed by atoms with Crippen molar-refractivity contribution in [3.63, 3.8) is 0 Å². The largest absolute Gasteiger partial charge is 0.385 e. The van der Waals surface area contributed by atoms with E-state index in [-0.39, 0.29) is 5.41 Å². The maximum absolute atomic E-state index is 11.0. The van der Waals surface area contributed by atoms with Crippen LogP contribution in [0.3, 0.4) is 0 Å². The molecule has 2 nitrogen and oxygen atoms in total. The summed E-state index contributed by atoms with van der Waals surface area (Å²) in [5.41, 5.74) is 6.81. The first kappa shape index (κ1) is 15.2. The number of rotatable bonds is 5. The summed E-state index contributed by atoms with van der Waals surface area (Å²) < 4.78 is 0. The monoisotopic (exact) mass is 249 g/mol. The van der Waals surface area contributed by atoms with E-state index in [9.17, 15) is 5.11 Å². The Bertz CT molecular complexity index is 394. The van der Waals surface area contributed by atoms with Crippen LogP contribution in [0.25, 0.3) is 0 Å². The topological polar surface area (TPSA) is 46.2 Å². The van der Waals surface area contributed by atoms with Gasteiger partial charge < -0.3 is 10.8 Å². The third kappa shape index (κ3) is 2.76. The Balaban J connectivity index is 3.27. The highest BCUT2D eigenvalue weighted by atomic mass is 16.3. The van der Waals surface area contributed by atoms with Crippen molar-refractivity contribution < 1.29 is 5.11 Å². The first-order valence-corrected chi connectivity index (χ1v) is 6.76. The van der Waals surface area contributed by atoms with Crippen LogP contribution >= 0.6 is 0 Å². The van der Waals surface area contributed by atoms with E-state index >= 15 is 0 Å². The van der Waals surface area contributed by atoms with Gasteiger partial charge in [-0.05, 0) is 42.3 Å². The van der Waals surface area contributed by atoms with E-state index in [4.69, 9.17) is 5.73 Å². The zero-order valence-corrected chi connectivity index (χ0v) is 12.3. The lowest BCUT2D eigenvalue weighted by molar-refractivity contribution is -0.0612. The van der Waals surface area contributed by atoms with Gasteiger partial charge in [0, 0.05) is 0 Å². The predicted molar refractivity (Wildman–Crippen MR) is 77.6 cm³/mol. The van der Waals surface area contributed by atoms with E-state index in [0.717, 1.165) is 12.0 Å². The standard InChI is InChI=1S/C16H27NO/c1-12(2)13-8-6-7-9-14(13)16(5,18)15(3,4)10-11-17/h6-9,12,18H,10-11,17H2,1-5H3. The fourth-order valence-electron chi connectivity index (χ4n) is 2.41. The molecule has 0 bridgehead atoms. The molecule has 0 spiro atoms. The van der Waals surface area contributed by atoms with Crippen LogP contribution in [0.1, 0.15) is 58.1 Å². The van der Waals surface area contributed by atoms with Gasteiger partial charge in [-0.3, -0.25) is 0 Å². The molecule has 1 rings (SSSR count). The van der Waals surface area contributed by atoms with Gasteiger partial charge in [0.05, 0.1) is 5.60 Å². The predicted octanol–water partition coefficient (Wildman–Crippen LogP) is 3.39. The van der Waals surface area contributed by atoms with Crippen molar-refractivity contribution in [3.05, 3.63) is 35.4 Å². The van der Waals surface area contributed by atoms with Crippen LogP contribution < -0.4 is 5.73 Å². The van der Waals surface area contributed by atoms with Crippen LogP contribution in [0.15, 0.2) is 24.3 Å². The van der Waals surface area contributed by atoms with E-state index in [1.807, 2.05) is 25.1 Å². The third-order valence-electron chi connectivity index (χ3n) is 4.19. The van der Waals surface area contributed by atoms with Gasteiger partial charge in [-0.2, -0.15) is 0 Å². The van der Waals surface area contributed by atoms with Gasteiger partial charge in [0.25, 0.3) is 0 Å². The average molecular weight is 249 g/mol. The van der Waals surface area contributed by atoms with Gasteiger partial charge in [-0.15, -0.1) is 0 Å². The third-order valence-corrected chi connectivity index (χ3v) is 4.19. The summed E-state index contributed by atoms with van der Waals surface area (Å²) in [6.07, 6.45) is 0.798. The van der Waals surface area contributed by atoms with Crippen molar-refractivity contribution in [1.29, 1.82) is 0 Å². The molecule has 3 N–H and O–H groups in total. The van der Waals surface area contributed by atoms with E-state index < -0.39 is 5.60 Å². The summed E-state index contributed by atoms with van der Waals surface area (Å²) in [6, 6.07) is 8.17. The van der Waals surface area contributed by atoms with E-state index in [2.05, 4.69) is 33.8 Å². The highest BCUT2D eigenvalue weighted by Gasteiger charge is 2.41. The van der Waals surface area contributed by atoms with Crippen molar-refractivity contribution in [2.45, 2.75) is 52.6 Å². The minimum Gasteiger partial charge on any atom is -0.385 e. The molecule has 0 saturated carbocycles. The Kier molecular flexibility index (Phi) is 4.57. The van der Waals surface area contributed by atoms with Crippen molar-refractivity contribution in [3.8, 4) is 0 Å². The van der Waals surface area contributed by atoms with Crippen LogP contribution in [0.5, 0.6) is 0 Å². The molecule has 0 aliphatic rings. The van der Waals surface area contributed by atoms with Crippen LogP contribution in [0.4, 0.5) is 0 Å². The molecule has 0 aliphatic carbocycles. The number of hydrogen-bond donors (Lipinski definition) is 2. The first-order chi connectivity index (χ1) is 8.24. The lowest BCUT2D eigenvalue weighted by Crippen LogP contribution is -2.41. The Labute approximate surface area is 111 Å². The molecule has 1 unspecified atom stereocenters. The van der Waals surface area contributed by atoms with Gasteiger partial charge in [0.15, 0.2) is 0 Å².